The van der Waals surface area contributed by atoms with Crippen LogP contribution in [-0.4, -0.2) is 52.0 Å². The van der Waals surface area contributed by atoms with E-state index in [1.165, 1.54) is 14.2 Å². The summed E-state index contributed by atoms with van der Waals surface area (Å²) in [6.45, 7) is 0. The number of hydrogen-bond acceptors (Lipinski definition) is 8. The van der Waals surface area contributed by atoms with E-state index in [1.807, 2.05) is 60.7 Å². The zero-order chi connectivity index (χ0) is 32.1. The summed E-state index contributed by atoms with van der Waals surface area (Å²) < 4.78 is 33.8. The lowest BCUT2D eigenvalue weighted by atomic mass is 9.87. The Morgan fingerprint density at radius 1 is 0.543 bits per heavy atom. The number of methoxy groups -OCH3 is 4. The lowest BCUT2D eigenvalue weighted by molar-refractivity contribution is -0.151. The molecule has 0 amide bonds. The maximum Gasteiger partial charge on any atom is 0.341 e. The van der Waals surface area contributed by atoms with Crippen LogP contribution in [0, 0.1) is 0 Å². The van der Waals surface area contributed by atoms with Crippen LogP contribution >= 0.6 is 0 Å². The molecule has 0 radical (unpaired) electrons. The highest BCUT2D eigenvalue weighted by atomic mass is 16.7. The van der Waals surface area contributed by atoms with Crippen molar-refractivity contribution in [3.05, 3.63) is 120 Å². The van der Waals surface area contributed by atoms with E-state index in [1.54, 1.807) is 50.7 Å². The van der Waals surface area contributed by atoms with Gasteiger partial charge in [-0.1, -0.05) is 48.5 Å². The van der Waals surface area contributed by atoms with Gasteiger partial charge in [-0.2, -0.15) is 0 Å². The van der Waals surface area contributed by atoms with Crippen LogP contribution in [-0.2, 0) is 28.4 Å². The highest BCUT2D eigenvalue weighted by molar-refractivity contribution is 6.35. The number of allylic oxidation sites excluding steroid dienone is 2. The molecule has 0 N–H and O–H groups in total. The van der Waals surface area contributed by atoms with Crippen LogP contribution in [0.5, 0.6) is 0 Å². The van der Waals surface area contributed by atoms with E-state index < -0.39 is 23.5 Å². The van der Waals surface area contributed by atoms with Gasteiger partial charge in [-0.3, -0.25) is 0 Å². The Balaban J connectivity index is 1.31. The van der Waals surface area contributed by atoms with Crippen LogP contribution in [0.4, 0.5) is 0 Å². The molecule has 0 saturated carbocycles. The fraction of sp³-hybridized carbons (Fsp3) is 0.211. The first-order valence-corrected chi connectivity index (χ1v) is 14.9. The molecule has 8 nitrogen and oxygen atoms in total. The number of hydrogen-bond donors (Lipinski definition) is 0. The molecule has 0 spiro atoms. The fourth-order valence-corrected chi connectivity index (χ4v) is 6.51. The van der Waals surface area contributed by atoms with E-state index >= 15 is 0 Å². The first-order valence-electron chi connectivity index (χ1n) is 14.9. The minimum Gasteiger partial charge on any atom is -0.497 e. The summed E-state index contributed by atoms with van der Waals surface area (Å²) in [5, 5.41) is 7.23. The van der Waals surface area contributed by atoms with Gasteiger partial charge in [-0.05, 0) is 91.7 Å². The molecule has 5 aromatic rings. The average molecular weight is 617 g/mol. The van der Waals surface area contributed by atoms with Crippen LogP contribution in [0.3, 0.4) is 0 Å². The van der Waals surface area contributed by atoms with Gasteiger partial charge in [0.15, 0.2) is 0 Å². The summed E-state index contributed by atoms with van der Waals surface area (Å²) in [6, 6.07) is 19.3. The molecule has 2 atom stereocenters. The summed E-state index contributed by atoms with van der Waals surface area (Å²) in [4.78, 5) is 27.4. The van der Waals surface area contributed by atoms with Gasteiger partial charge in [-0.15, -0.1) is 0 Å². The maximum atomic E-state index is 13.7. The number of benzene rings is 5. The standard InChI is InChI=1S/C38H32O8/c1-41-23-15-19-37(43-3,20-16-23)45-35(39)31-13-11-29-26-8-6-10-28-32(36(40)46-38(44-4)21-17-24(42-2)18-22-38)14-12-30(34(26)28)25-7-5-9-27(31)33(25)29/h5-19,21H,20,22H2,1-4H3. The molecular weight excluding hydrogens is 584 g/mol. The SMILES string of the molecule is COC1=CCC(OC)(OC(=O)c2ccc3c4cccc5c(C(=O)OC6(OC)C=CC(OC)=CC6)ccc(c6cccc2c63)c54)C=C1. The lowest BCUT2D eigenvalue weighted by Crippen LogP contribution is -2.36. The zero-order valence-electron chi connectivity index (χ0n) is 25.9. The Bertz CT molecular complexity index is 1980. The van der Waals surface area contributed by atoms with Gasteiger partial charge in [0.05, 0.1) is 25.3 Å². The molecule has 0 bridgehead atoms. The van der Waals surface area contributed by atoms with Crippen molar-refractivity contribution in [1.29, 1.82) is 0 Å². The minimum atomic E-state index is -1.24. The average Bonchev–Trinajstić information content (AvgIpc) is 3.10. The second-order valence-corrected chi connectivity index (χ2v) is 11.3. The van der Waals surface area contributed by atoms with Crippen LogP contribution < -0.4 is 0 Å². The molecule has 0 saturated heterocycles. The number of carbonyl (C=O) groups is 2. The zero-order valence-corrected chi connectivity index (χ0v) is 25.9. The van der Waals surface area contributed by atoms with Crippen LogP contribution in [0.1, 0.15) is 33.6 Å². The maximum absolute atomic E-state index is 13.7. The van der Waals surface area contributed by atoms with Crippen LogP contribution in [0.25, 0.3) is 43.1 Å². The van der Waals surface area contributed by atoms with E-state index in [0.717, 1.165) is 43.1 Å². The Labute approximate surface area is 265 Å². The van der Waals surface area contributed by atoms with Crippen molar-refractivity contribution < 1.29 is 38.0 Å². The smallest absolute Gasteiger partial charge is 0.341 e. The monoisotopic (exact) mass is 616 g/mol. The number of carbonyl (C=O) groups excluding carboxylic acids is 2. The number of fused-ring (bicyclic) bond motifs is 2. The predicted molar refractivity (Wildman–Crippen MR) is 176 cm³/mol. The van der Waals surface area contributed by atoms with E-state index in [2.05, 4.69) is 0 Å². The molecule has 0 aliphatic heterocycles. The molecule has 8 heteroatoms. The molecule has 232 valence electrons. The van der Waals surface area contributed by atoms with Gasteiger partial charge in [0, 0.05) is 27.1 Å². The molecule has 2 aliphatic rings. The number of esters is 2. The molecule has 7 rings (SSSR count). The molecule has 0 heterocycles. The van der Waals surface area contributed by atoms with Gasteiger partial charge in [0.25, 0.3) is 0 Å². The topological polar surface area (TPSA) is 89.5 Å². The second-order valence-electron chi connectivity index (χ2n) is 11.3. The van der Waals surface area contributed by atoms with E-state index in [9.17, 15) is 9.59 Å². The first kappa shape index (κ1) is 29.5. The van der Waals surface area contributed by atoms with Crippen molar-refractivity contribution in [2.24, 2.45) is 0 Å². The highest BCUT2D eigenvalue weighted by Gasteiger charge is 2.35. The van der Waals surface area contributed by atoms with Crippen molar-refractivity contribution in [2.75, 3.05) is 28.4 Å². The molecule has 2 aliphatic carbocycles. The minimum absolute atomic E-state index is 0.322. The molecule has 5 aromatic carbocycles. The van der Waals surface area contributed by atoms with Crippen molar-refractivity contribution in [3.63, 3.8) is 0 Å². The Kier molecular flexibility index (Phi) is 7.26. The van der Waals surface area contributed by atoms with Gasteiger partial charge in [-0.25, -0.2) is 9.59 Å². The molecule has 46 heavy (non-hydrogen) atoms. The summed E-state index contributed by atoms with van der Waals surface area (Å²) in [5.74, 6) is -2.11. The Morgan fingerprint density at radius 2 is 0.935 bits per heavy atom. The lowest BCUT2D eigenvalue weighted by Gasteiger charge is -2.30. The van der Waals surface area contributed by atoms with E-state index in [-0.39, 0.29) is 0 Å². The van der Waals surface area contributed by atoms with Gasteiger partial charge in [0.2, 0.25) is 11.6 Å². The summed E-state index contributed by atoms with van der Waals surface area (Å²) in [7, 11) is 6.20. The Morgan fingerprint density at radius 3 is 1.28 bits per heavy atom. The van der Waals surface area contributed by atoms with Crippen LogP contribution in [0.15, 0.2) is 109 Å². The predicted octanol–water partition coefficient (Wildman–Crippen LogP) is 7.72. The third-order valence-electron chi connectivity index (χ3n) is 8.97. The third-order valence-corrected chi connectivity index (χ3v) is 8.97. The quantitative estimate of drug-likeness (QED) is 0.0758. The number of ether oxygens (including phenoxy) is 6. The molecular formula is C38H32O8. The number of rotatable bonds is 8. The Hall–Kier alpha value is -5.18. The van der Waals surface area contributed by atoms with E-state index in [4.69, 9.17) is 28.4 Å². The summed E-state index contributed by atoms with van der Waals surface area (Å²) >= 11 is 0. The van der Waals surface area contributed by atoms with Crippen molar-refractivity contribution >= 4 is 55.0 Å². The van der Waals surface area contributed by atoms with Crippen LogP contribution in [0.2, 0.25) is 0 Å². The van der Waals surface area contributed by atoms with Crippen molar-refractivity contribution in [3.8, 4) is 0 Å². The largest absolute Gasteiger partial charge is 0.497 e. The highest BCUT2D eigenvalue weighted by Crippen LogP contribution is 2.43. The first-order chi connectivity index (χ1) is 22.3. The normalized spacial score (nSPS) is 21.0. The molecule has 0 aromatic heterocycles. The summed E-state index contributed by atoms with van der Waals surface area (Å²) in [5.41, 5.74) is 0.859. The van der Waals surface area contributed by atoms with Crippen molar-refractivity contribution in [1.82, 2.24) is 0 Å². The van der Waals surface area contributed by atoms with Gasteiger partial charge < -0.3 is 28.4 Å². The third kappa shape index (κ3) is 4.69. The molecule has 0 fully saturated rings. The summed E-state index contributed by atoms with van der Waals surface area (Å²) in [6.07, 6.45) is 11.1. The second kappa shape index (κ2) is 11.3. The van der Waals surface area contributed by atoms with Gasteiger partial charge in [0.1, 0.15) is 11.5 Å². The van der Waals surface area contributed by atoms with Gasteiger partial charge >= 0.3 is 11.9 Å². The van der Waals surface area contributed by atoms with E-state index in [0.29, 0.717) is 35.5 Å². The molecule has 2 unspecified atom stereocenters. The van der Waals surface area contributed by atoms with Crippen molar-refractivity contribution in [2.45, 2.75) is 24.4 Å². The fourth-order valence-electron chi connectivity index (χ4n) is 6.51.